The molecule has 1 atom stereocenters. The fourth-order valence-electron chi connectivity index (χ4n) is 4.15. The number of rotatable bonds is 5. The summed E-state index contributed by atoms with van der Waals surface area (Å²) < 4.78 is 9.75. The number of para-hydroxylation sites is 2. The molecule has 0 aliphatic carbocycles. The lowest BCUT2D eigenvalue weighted by Crippen LogP contribution is -2.20. The predicted molar refractivity (Wildman–Crippen MR) is 120 cm³/mol. The number of imidazole rings is 1. The number of carbonyl (C=O) groups excluding carboxylic acids is 1. The Kier molecular flexibility index (Phi) is 5.03. The van der Waals surface area contributed by atoms with Gasteiger partial charge in [0.05, 0.1) is 29.4 Å². The summed E-state index contributed by atoms with van der Waals surface area (Å²) in [6, 6.07) is 17.4. The van der Waals surface area contributed by atoms with E-state index in [0.717, 1.165) is 41.7 Å². The maximum Gasteiger partial charge on any atom is 0.257 e. The van der Waals surface area contributed by atoms with Gasteiger partial charge in [-0.1, -0.05) is 30.3 Å². The van der Waals surface area contributed by atoms with Crippen LogP contribution in [0.1, 0.15) is 34.5 Å². The maximum absolute atomic E-state index is 13.0. The Morgan fingerprint density at radius 2 is 1.97 bits per heavy atom. The summed E-state index contributed by atoms with van der Waals surface area (Å²) in [6.07, 6.45) is 2.25. The van der Waals surface area contributed by atoms with Gasteiger partial charge in [-0.15, -0.1) is 0 Å². The van der Waals surface area contributed by atoms with Crippen LogP contribution in [0.4, 0.5) is 5.82 Å². The lowest BCUT2D eigenvalue weighted by atomic mass is 10.1. The van der Waals surface area contributed by atoms with Crippen LogP contribution in [0.5, 0.6) is 0 Å². The van der Waals surface area contributed by atoms with Crippen molar-refractivity contribution in [3.8, 4) is 5.95 Å². The van der Waals surface area contributed by atoms with Gasteiger partial charge in [0.15, 0.2) is 0 Å². The third kappa shape index (κ3) is 3.72. The highest BCUT2D eigenvalue weighted by atomic mass is 16.5. The van der Waals surface area contributed by atoms with E-state index >= 15 is 0 Å². The third-order valence-electron chi connectivity index (χ3n) is 5.70. The van der Waals surface area contributed by atoms with Crippen LogP contribution in [0, 0.1) is 13.8 Å². The van der Waals surface area contributed by atoms with Crippen molar-refractivity contribution in [3.05, 3.63) is 71.4 Å². The molecule has 1 aliphatic heterocycles. The molecular weight excluding hydrogens is 390 g/mol. The summed E-state index contributed by atoms with van der Waals surface area (Å²) in [5.74, 6) is 1.10. The van der Waals surface area contributed by atoms with Crippen molar-refractivity contribution < 1.29 is 9.53 Å². The minimum Gasteiger partial charge on any atom is -0.376 e. The number of nitrogens with one attached hydrogen (secondary N) is 1. The molecule has 1 unspecified atom stereocenters. The van der Waals surface area contributed by atoms with Crippen molar-refractivity contribution in [3.63, 3.8) is 0 Å². The van der Waals surface area contributed by atoms with Gasteiger partial charge in [0.2, 0.25) is 5.95 Å². The Labute approximate surface area is 180 Å². The van der Waals surface area contributed by atoms with E-state index in [2.05, 4.69) is 21.0 Å². The Morgan fingerprint density at radius 1 is 1.16 bits per heavy atom. The van der Waals surface area contributed by atoms with Crippen LogP contribution >= 0.6 is 0 Å². The summed E-state index contributed by atoms with van der Waals surface area (Å²) >= 11 is 0. The lowest BCUT2D eigenvalue weighted by molar-refractivity contribution is 0.0976. The van der Waals surface area contributed by atoms with Crippen molar-refractivity contribution in [2.24, 2.45) is 0 Å². The van der Waals surface area contributed by atoms with Crippen LogP contribution < -0.4 is 5.32 Å². The molecule has 158 valence electrons. The number of hydrogen-bond acceptors (Lipinski definition) is 4. The molecule has 7 heteroatoms. The van der Waals surface area contributed by atoms with Crippen LogP contribution in [-0.2, 0) is 11.3 Å². The number of aryl methyl sites for hydroxylation is 2. The number of hydrogen-bond donors (Lipinski definition) is 1. The molecular formula is C24H25N5O2. The van der Waals surface area contributed by atoms with Crippen LogP contribution in [-0.4, -0.2) is 37.9 Å². The average Bonchev–Trinajstić information content (AvgIpc) is 3.48. The van der Waals surface area contributed by atoms with Crippen molar-refractivity contribution in [2.75, 3.05) is 11.9 Å². The summed E-state index contributed by atoms with van der Waals surface area (Å²) in [5, 5.41) is 7.69. The van der Waals surface area contributed by atoms with E-state index in [-0.39, 0.29) is 12.0 Å². The van der Waals surface area contributed by atoms with Gasteiger partial charge in [0.1, 0.15) is 5.82 Å². The van der Waals surface area contributed by atoms with Crippen molar-refractivity contribution in [1.82, 2.24) is 19.3 Å². The summed E-state index contributed by atoms with van der Waals surface area (Å²) in [7, 11) is 0. The van der Waals surface area contributed by atoms with Gasteiger partial charge < -0.3 is 14.6 Å². The van der Waals surface area contributed by atoms with E-state index in [4.69, 9.17) is 9.72 Å². The Morgan fingerprint density at radius 3 is 2.77 bits per heavy atom. The zero-order valence-corrected chi connectivity index (χ0v) is 17.7. The number of aromatic nitrogens is 4. The highest BCUT2D eigenvalue weighted by molar-refractivity contribution is 6.05. The second-order valence-electron chi connectivity index (χ2n) is 8.00. The quantitative estimate of drug-likeness (QED) is 0.528. The average molecular weight is 415 g/mol. The standard InChI is InChI=1S/C24H25N5O2/c1-16-8-3-4-10-19(16)23(30)26-22-14-17(2)27-29(22)24-25-20-11-5-6-12-21(20)28(24)15-18-9-7-13-31-18/h3-6,8,10-12,14,18H,7,9,13,15H2,1-2H3,(H,26,30). The lowest BCUT2D eigenvalue weighted by Gasteiger charge is -2.15. The van der Waals surface area contributed by atoms with Crippen LogP contribution in [0.3, 0.4) is 0 Å². The molecule has 2 aromatic heterocycles. The smallest absolute Gasteiger partial charge is 0.257 e. The molecule has 5 rings (SSSR count). The second kappa shape index (κ2) is 8.00. The van der Waals surface area contributed by atoms with E-state index < -0.39 is 0 Å². The highest BCUT2D eigenvalue weighted by Crippen LogP contribution is 2.25. The predicted octanol–water partition coefficient (Wildman–Crippen LogP) is 4.27. The first-order valence-electron chi connectivity index (χ1n) is 10.6. The van der Waals surface area contributed by atoms with Crippen molar-refractivity contribution >= 4 is 22.8 Å². The van der Waals surface area contributed by atoms with Crippen molar-refractivity contribution in [1.29, 1.82) is 0 Å². The summed E-state index contributed by atoms with van der Waals surface area (Å²) in [5.41, 5.74) is 4.28. The number of benzene rings is 2. The molecule has 0 radical (unpaired) electrons. The summed E-state index contributed by atoms with van der Waals surface area (Å²) in [6.45, 7) is 5.33. The fourth-order valence-corrected chi connectivity index (χ4v) is 4.15. The first-order valence-corrected chi connectivity index (χ1v) is 10.6. The van der Waals surface area contributed by atoms with Crippen molar-refractivity contribution in [2.45, 2.75) is 39.3 Å². The van der Waals surface area contributed by atoms with Gasteiger partial charge in [-0.2, -0.15) is 9.78 Å². The Bertz CT molecular complexity index is 1250. The van der Waals surface area contributed by atoms with Gasteiger partial charge in [0, 0.05) is 18.2 Å². The minimum atomic E-state index is -0.166. The zero-order chi connectivity index (χ0) is 21.4. The number of amides is 1. The number of anilines is 1. The molecule has 31 heavy (non-hydrogen) atoms. The van der Waals surface area contributed by atoms with E-state index in [1.165, 1.54) is 0 Å². The molecule has 7 nitrogen and oxygen atoms in total. The monoisotopic (exact) mass is 415 g/mol. The van der Waals surface area contributed by atoms with E-state index in [0.29, 0.717) is 23.9 Å². The molecule has 1 fully saturated rings. The molecule has 2 aromatic carbocycles. The van der Waals surface area contributed by atoms with Crippen LogP contribution in [0.2, 0.25) is 0 Å². The van der Waals surface area contributed by atoms with E-state index in [1.54, 1.807) is 4.68 Å². The maximum atomic E-state index is 13.0. The Hall–Kier alpha value is -3.45. The highest BCUT2D eigenvalue weighted by Gasteiger charge is 2.23. The van der Waals surface area contributed by atoms with Gasteiger partial charge >= 0.3 is 0 Å². The second-order valence-corrected chi connectivity index (χ2v) is 8.00. The van der Waals surface area contributed by atoms with Gasteiger partial charge in [0.25, 0.3) is 5.91 Å². The molecule has 1 aliphatic rings. The molecule has 1 N–H and O–H groups in total. The SMILES string of the molecule is Cc1cc(NC(=O)c2ccccc2C)n(-c2nc3ccccc3n2CC2CCCO2)n1. The number of carbonyl (C=O) groups is 1. The first-order chi connectivity index (χ1) is 15.1. The van der Waals surface area contributed by atoms with Gasteiger partial charge in [-0.3, -0.25) is 4.79 Å². The van der Waals surface area contributed by atoms with Crippen LogP contribution in [0.25, 0.3) is 17.0 Å². The topological polar surface area (TPSA) is 74.0 Å². The number of fused-ring (bicyclic) bond motifs is 1. The molecule has 1 saturated heterocycles. The normalized spacial score (nSPS) is 16.1. The zero-order valence-electron chi connectivity index (χ0n) is 17.7. The van der Waals surface area contributed by atoms with E-state index in [1.807, 2.05) is 62.4 Å². The van der Waals surface area contributed by atoms with Gasteiger partial charge in [-0.05, 0) is 50.5 Å². The Balaban J connectivity index is 1.56. The van der Waals surface area contributed by atoms with E-state index in [9.17, 15) is 4.79 Å². The molecule has 0 spiro atoms. The number of nitrogens with zero attached hydrogens (tertiary/aromatic N) is 4. The minimum absolute atomic E-state index is 0.151. The molecule has 0 saturated carbocycles. The third-order valence-corrected chi connectivity index (χ3v) is 5.70. The fraction of sp³-hybridized carbons (Fsp3) is 0.292. The number of ether oxygens (including phenoxy) is 1. The van der Waals surface area contributed by atoms with Gasteiger partial charge in [-0.25, -0.2) is 4.98 Å². The largest absolute Gasteiger partial charge is 0.376 e. The first kappa shape index (κ1) is 19.5. The molecule has 1 amide bonds. The molecule has 4 aromatic rings. The van der Waals surface area contributed by atoms with Crippen LogP contribution in [0.15, 0.2) is 54.6 Å². The molecule has 3 heterocycles. The molecule has 0 bridgehead atoms. The summed E-state index contributed by atoms with van der Waals surface area (Å²) in [4.78, 5) is 17.8.